The number of nitrogens with one attached hydrogen (secondary N) is 3. The zero-order valence-electron chi connectivity index (χ0n) is 40.9. The Morgan fingerprint density at radius 2 is 0.566 bits per heavy atom. The molecule has 0 radical (unpaired) electrons. The van der Waals surface area contributed by atoms with Gasteiger partial charge in [-0.15, -0.1) is 0 Å². The number of hydrogen-bond donors (Lipinski definition) is 20. The van der Waals surface area contributed by atoms with E-state index in [4.69, 9.17) is 52.1 Å². The van der Waals surface area contributed by atoms with E-state index in [1.54, 1.807) is 0 Å². The molecule has 6 aliphatic heterocycles. The summed E-state index contributed by atoms with van der Waals surface area (Å²) >= 11 is 0. The molecule has 6 aliphatic rings. The molecule has 20 N–H and O–H groups in total. The minimum Gasteiger partial charge on any atom is -0.394 e. The first-order chi connectivity index (χ1) is 35.9. The molecule has 0 spiro atoms. The fraction of sp³-hybridized carbons (Fsp3) is 0.929. The average Bonchev–Trinajstić information content (AvgIpc) is 3.37. The lowest BCUT2D eigenvalue weighted by Gasteiger charge is -2.51. The van der Waals surface area contributed by atoms with Crippen molar-refractivity contribution in [2.75, 3.05) is 39.6 Å². The van der Waals surface area contributed by atoms with E-state index in [9.17, 15) is 101 Å². The molecule has 6 saturated heterocycles. The molecule has 0 saturated carbocycles. The third-order valence-corrected chi connectivity index (χ3v) is 13.6. The van der Waals surface area contributed by atoms with Crippen molar-refractivity contribution in [1.82, 2.24) is 16.0 Å². The Morgan fingerprint density at radius 1 is 0.316 bits per heavy atom. The summed E-state index contributed by atoms with van der Waals surface area (Å²) in [6, 6.07) is -5.17. The lowest BCUT2D eigenvalue weighted by molar-refractivity contribution is -0.383. The van der Waals surface area contributed by atoms with Gasteiger partial charge in [0.15, 0.2) is 37.7 Å². The first-order valence-corrected chi connectivity index (χ1v) is 24.1. The van der Waals surface area contributed by atoms with Crippen LogP contribution in [0.4, 0.5) is 0 Å². The van der Waals surface area contributed by atoms with Crippen molar-refractivity contribution < 1.29 is 153 Å². The Balaban J connectivity index is 1.28. The van der Waals surface area contributed by atoms with Crippen LogP contribution in [0.15, 0.2) is 0 Å². The fourth-order valence-corrected chi connectivity index (χ4v) is 9.71. The first-order valence-electron chi connectivity index (χ1n) is 24.1. The quantitative estimate of drug-likeness (QED) is 0.0571. The minimum atomic E-state index is -2.28. The van der Waals surface area contributed by atoms with E-state index in [0.29, 0.717) is 0 Å². The number of rotatable bonds is 19. The number of carbonyl (C=O) groups excluding carboxylic acids is 3. The average molecular weight is 1110 g/mol. The van der Waals surface area contributed by atoms with Crippen LogP contribution < -0.4 is 16.0 Å². The monoisotopic (exact) mass is 1110 g/mol. The van der Waals surface area contributed by atoms with E-state index in [0.717, 1.165) is 20.8 Å². The van der Waals surface area contributed by atoms with Crippen LogP contribution >= 0.6 is 0 Å². The summed E-state index contributed by atoms with van der Waals surface area (Å²) in [5.74, 6) is -2.49. The van der Waals surface area contributed by atoms with Crippen molar-refractivity contribution in [2.45, 2.75) is 205 Å². The number of aliphatic hydroxyl groups excluding tert-OH is 17. The molecule has 0 aromatic rings. The van der Waals surface area contributed by atoms with Gasteiger partial charge < -0.3 is 155 Å². The van der Waals surface area contributed by atoms with Crippen LogP contribution in [-0.2, 0) is 66.5 Å². The molecule has 30 atom stereocenters. The van der Waals surface area contributed by atoms with Gasteiger partial charge in [0.05, 0.1) is 39.6 Å². The lowest BCUT2D eigenvalue weighted by Crippen LogP contribution is -2.71. The van der Waals surface area contributed by atoms with Gasteiger partial charge in [-0.1, -0.05) is 0 Å². The number of carbonyl (C=O) groups is 3. The molecule has 440 valence electrons. The minimum absolute atomic E-state index is 0.749. The van der Waals surface area contributed by atoms with Crippen molar-refractivity contribution in [3.63, 3.8) is 0 Å². The number of ether oxygens (including phenoxy) is 11. The second-order valence-corrected chi connectivity index (χ2v) is 19.0. The maximum Gasteiger partial charge on any atom is 0.217 e. The predicted octanol–water partition coefficient (Wildman–Crippen LogP) is -13.7. The van der Waals surface area contributed by atoms with Crippen LogP contribution in [0.5, 0.6) is 0 Å². The van der Waals surface area contributed by atoms with E-state index in [-0.39, 0.29) is 0 Å². The van der Waals surface area contributed by atoms with Gasteiger partial charge in [-0.2, -0.15) is 0 Å². The second-order valence-electron chi connectivity index (χ2n) is 19.0. The normalized spacial score (nSPS) is 48.2. The van der Waals surface area contributed by atoms with Crippen LogP contribution in [0.2, 0.25) is 0 Å². The van der Waals surface area contributed by atoms with Crippen molar-refractivity contribution in [2.24, 2.45) is 0 Å². The highest BCUT2D eigenvalue weighted by Crippen LogP contribution is 2.37. The first kappa shape index (κ1) is 62.5. The Bertz CT molecular complexity index is 1870. The third kappa shape index (κ3) is 13.5. The summed E-state index contributed by atoms with van der Waals surface area (Å²) in [5, 5.41) is 191. The van der Waals surface area contributed by atoms with E-state index in [1.807, 2.05) is 0 Å². The van der Waals surface area contributed by atoms with Crippen molar-refractivity contribution in [1.29, 1.82) is 0 Å². The van der Waals surface area contributed by atoms with Crippen LogP contribution in [0.25, 0.3) is 0 Å². The highest BCUT2D eigenvalue weighted by atomic mass is 16.8. The van der Waals surface area contributed by atoms with Crippen molar-refractivity contribution in [3.8, 4) is 0 Å². The fourth-order valence-electron chi connectivity index (χ4n) is 9.71. The van der Waals surface area contributed by atoms with Gasteiger partial charge in [-0.3, -0.25) is 14.4 Å². The molecule has 0 aromatic heterocycles. The predicted molar refractivity (Wildman–Crippen MR) is 234 cm³/mol. The Kier molecular flexibility index (Phi) is 22.3. The van der Waals surface area contributed by atoms with Gasteiger partial charge in [0, 0.05) is 20.8 Å². The van der Waals surface area contributed by atoms with E-state index in [2.05, 4.69) is 16.0 Å². The topological polar surface area (TPSA) is 533 Å². The highest BCUT2D eigenvalue weighted by Gasteiger charge is 2.58. The van der Waals surface area contributed by atoms with Crippen LogP contribution in [0, 0.1) is 0 Å². The maximum atomic E-state index is 12.9. The molecule has 0 aromatic carbocycles. The molecule has 34 heteroatoms. The maximum absolute atomic E-state index is 12.9. The Morgan fingerprint density at radius 3 is 0.895 bits per heavy atom. The zero-order valence-corrected chi connectivity index (χ0v) is 40.9. The SMILES string of the molecule is CC(=O)N[C@H]1[C@H](O[C@H]2[C@@H](O)[C@@H](CO)O[C@@H](O[C@H]3[C@H](O)[C@@H](CO)O[C@@H](O[C@H]4[C@@H](O)[C@@H](CO)O[C@@H](O[C@H]5[C@H](O)[C@@H](CO)OC(O)[C@@H]5NC(C)=O)[C@@H]4O)[C@@H]3NC(C)=O)[C@@H]2O)O[C@H](CO)[C@@H](O)[C@@H]1O[C@@H]1O[C@H](CO)[C@H](O)[C@H](O)[C@H]1O. The van der Waals surface area contributed by atoms with E-state index in [1.165, 1.54) is 0 Å². The molecule has 0 aliphatic carbocycles. The molecule has 1 unspecified atom stereocenters. The van der Waals surface area contributed by atoms with Crippen LogP contribution in [0.1, 0.15) is 20.8 Å². The molecular weight excluding hydrogens is 1040 g/mol. The molecule has 6 heterocycles. The largest absolute Gasteiger partial charge is 0.394 e. The summed E-state index contributed by atoms with van der Waals surface area (Å²) in [6.45, 7) is -2.85. The van der Waals surface area contributed by atoms with Gasteiger partial charge >= 0.3 is 0 Å². The van der Waals surface area contributed by atoms with Crippen LogP contribution in [-0.4, -0.2) is 328 Å². The molecular formula is C42H71N3O31. The number of amides is 3. The molecule has 0 bridgehead atoms. The summed E-state index contributed by atoms with van der Waals surface area (Å²) in [4.78, 5) is 37.6. The standard InChI is InChI=1S/C42H71N3O31/c1-10(52)43-19-32(23(56)14(5-47)66-37(19)65)72-41-30(63)35(26(59)17(8-50)70-41)75-39-21(45-12(3)54)34(25(58)16(7-49)68-39)74-42-31(64)36(27(60)18(9-51)71-42)76-38-20(44-11(2)53)33(24(57)15(6-48)67-38)73-40-29(62)28(61)22(55)13(4-46)69-40/h13-42,46-51,55-65H,4-9H2,1-3H3,(H,43,52)(H,44,53)(H,45,54)/t13-,14-,15-,16-,17-,18-,19-,20-,21-,22+,23-,24-,25-,26+,27+,28+,29-,30-,31-,32-,33-,34-,35+,36+,37?,38+,39+,40+,41+,42+/m1/s1. The summed E-state index contributed by atoms with van der Waals surface area (Å²) in [5.41, 5.74) is 0. The van der Waals surface area contributed by atoms with Crippen LogP contribution in [0.3, 0.4) is 0 Å². The Hall–Kier alpha value is -2.71. The number of aliphatic hydroxyl groups is 17. The lowest BCUT2D eigenvalue weighted by atomic mass is 9.93. The van der Waals surface area contributed by atoms with Gasteiger partial charge in [0.1, 0.15) is 146 Å². The smallest absolute Gasteiger partial charge is 0.217 e. The van der Waals surface area contributed by atoms with E-state index >= 15 is 0 Å². The van der Waals surface area contributed by atoms with Crippen molar-refractivity contribution in [3.05, 3.63) is 0 Å². The third-order valence-electron chi connectivity index (χ3n) is 13.6. The molecule has 3 amide bonds. The highest BCUT2D eigenvalue weighted by molar-refractivity contribution is 5.74. The summed E-state index contributed by atoms with van der Waals surface area (Å²) < 4.78 is 63.3. The van der Waals surface area contributed by atoms with E-state index < -0.39 is 241 Å². The molecule has 6 fully saturated rings. The molecule has 76 heavy (non-hydrogen) atoms. The zero-order chi connectivity index (χ0) is 56.2. The number of hydrogen-bond acceptors (Lipinski definition) is 31. The summed E-state index contributed by atoms with van der Waals surface area (Å²) in [7, 11) is 0. The summed E-state index contributed by atoms with van der Waals surface area (Å²) in [6.07, 6.45) is -51.9. The molecule has 34 nitrogen and oxygen atoms in total. The van der Waals surface area contributed by atoms with Gasteiger partial charge in [-0.05, 0) is 0 Å². The second kappa shape index (κ2) is 27.2. The van der Waals surface area contributed by atoms with Gasteiger partial charge in [0.2, 0.25) is 17.7 Å². The van der Waals surface area contributed by atoms with Gasteiger partial charge in [-0.25, -0.2) is 0 Å². The van der Waals surface area contributed by atoms with Crippen molar-refractivity contribution >= 4 is 17.7 Å². The van der Waals surface area contributed by atoms with Gasteiger partial charge in [0.25, 0.3) is 0 Å². The molecule has 6 rings (SSSR count). The Labute approximate surface area is 431 Å².